The number of ether oxygens (including phenoxy) is 1. The summed E-state index contributed by atoms with van der Waals surface area (Å²) in [5.74, 6) is -1.25. The third kappa shape index (κ3) is 4.05. The topological polar surface area (TPSA) is 118 Å². The Kier molecular flexibility index (Phi) is 5.53. The Labute approximate surface area is 167 Å². The van der Waals surface area contributed by atoms with Crippen LogP contribution in [0.5, 0.6) is 5.75 Å². The molecule has 0 bridgehead atoms. The highest BCUT2D eigenvalue weighted by molar-refractivity contribution is 6.32. The van der Waals surface area contributed by atoms with Crippen molar-refractivity contribution in [2.75, 3.05) is 0 Å². The summed E-state index contributed by atoms with van der Waals surface area (Å²) < 4.78 is 37.1. The zero-order valence-corrected chi connectivity index (χ0v) is 15.6. The lowest BCUT2D eigenvalue weighted by atomic mass is 10.1. The van der Waals surface area contributed by atoms with Crippen LogP contribution in [-0.2, 0) is 6.61 Å². The van der Waals surface area contributed by atoms with Crippen molar-refractivity contribution < 1.29 is 32.8 Å². The van der Waals surface area contributed by atoms with Crippen molar-refractivity contribution in [2.24, 2.45) is 5.10 Å². The van der Waals surface area contributed by atoms with Crippen LogP contribution in [0.2, 0.25) is 5.02 Å². The van der Waals surface area contributed by atoms with E-state index < -0.39 is 29.4 Å². The molecule has 1 amide bonds. The molecular formula is C17H14ClF2N3O6. The van der Waals surface area contributed by atoms with Crippen LogP contribution in [0.15, 0.2) is 39.9 Å². The van der Waals surface area contributed by atoms with E-state index in [1.165, 1.54) is 31.2 Å². The quantitative estimate of drug-likeness (QED) is 0.553. The van der Waals surface area contributed by atoms with E-state index in [-0.39, 0.29) is 40.3 Å². The van der Waals surface area contributed by atoms with Gasteiger partial charge in [0.25, 0.3) is 12.1 Å². The number of carbonyl (C=O) groups excluding carboxylic acids is 1. The first-order valence-electron chi connectivity index (χ1n) is 8.16. The molecule has 0 unspecified atom stereocenters. The summed E-state index contributed by atoms with van der Waals surface area (Å²) in [5, 5.41) is 25.0. The average molecular weight is 430 g/mol. The molecule has 29 heavy (non-hydrogen) atoms. The zero-order chi connectivity index (χ0) is 21.3. The van der Waals surface area contributed by atoms with Crippen molar-refractivity contribution in [3.05, 3.63) is 57.0 Å². The van der Waals surface area contributed by atoms with Crippen LogP contribution in [-0.4, -0.2) is 38.8 Å². The van der Waals surface area contributed by atoms with Crippen LogP contribution in [0.3, 0.4) is 0 Å². The van der Waals surface area contributed by atoms with Gasteiger partial charge in [-0.3, -0.25) is 14.9 Å². The first-order chi connectivity index (χ1) is 13.6. The molecule has 1 atom stereocenters. The van der Waals surface area contributed by atoms with Crippen molar-refractivity contribution in [1.82, 2.24) is 5.01 Å². The highest BCUT2D eigenvalue weighted by Crippen LogP contribution is 2.33. The molecule has 0 fully saturated rings. The lowest BCUT2D eigenvalue weighted by Gasteiger charge is -2.29. The van der Waals surface area contributed by atoms with Gasteiger partial charge in [0, 0.05) is 18.2 Å². The number of amides is 1. The number of rotatable bonds is 6. The van der Waals surface area contributed by atoms with Crippen molar-refractivity contribution in [3.8, 4) is 5.75 Å². The second-order valence-corrected chi connectivity index (χ2v) is 6.64. The van der Waals surface area contributed by atoms with Crippen molar-refractivity contribution in [3.63, 3.8) is 0 Å². The molecule has 154 valence electrons. The number of nitro benzene ring substituents is 1. The zero-order valence-electron chi connectivity index (χ0n) is 14.8. The second-order valence-electron chi connectivity index (χ2n) is 6.23. The molecule has 2 aromatic rings. The minimum Gasteiger partial charge on any atom is -0.484 e. The largest absolute Gasteiger partial charge is 0.484 e. The maximum Gasteiger partial charge on any atom is 0.312 e. The monoisotopic (exact) mass is 429 g/mol. The van der Waals surface area contributed by atoms with Gasteiger partial charge in [0.2, 0.25) is 5.72 Å². The van der Waals surface area contributed by atoms with E-state index in [0.717, 1.165) is 6.07 Å². The van der Waals surface area contributed by atoms with Crippen LogP contribution < -0.4 is 4.74 Å². The van der Waals surface area contributed by atoms with Gasteiger partial charge in [-0.05, 0) is 25.1 Å². The summed E-state index contributed by atoms with van der Waals surface area (Å²) in [7, 11) is 0. The Balaban J connectivity index is 1.74. The number of non-ortho nitro benzene ring substituents is 1. The third-order valence-electron chi connectivity index (χ3n) is 4.06. The average Bonchev–Trinajstić information content (AvgIpc) is 3.25. The van der Waals surface area contributed by atoms with Gasteiger partial charge >= 0.3 is 5.91 Å². The van der Waals surface area contributed by atoms with Crippen LogP contribution in [0.4, 0.5) is 14.5 Å². The van der Waals surface area contributed by atoms with Gasteiger partial charge < -0.3 is 14.3 Å². The molecule has 0 radical (unpaired) electrons. The minimum atomic E-state index is -3.23. The normalized spacial score (nSPS) is 18.8. The van der Waals surface area contributed by atoms with Crippen molar-refractivity contribution in [1.29, 1.82) is 0 Å². The molecule has 12 heteroatoms. The van der Waals surface area contributed by atoms with Crippen LogP contribution in [0.1, 0.15) is 29.7 Å². The fourth-order valence-corrected chi connectivity index (χ4v) is 2.85. The first-order valence-corrected chi connectivity index (χ1v) is 8.54. The van der Waals surface area contributed by atoms with E-state index in [1.54, 1.807) is 0 Å². The molecule has 1 aliphatic heterocycles. The standard InChI is InChI=1S/C17H14ClF2N3O6/c1-9-7-17(25,16(19)20)22(21-9)15(24)13-5-3-11(29-13)8-28-14-6-10(23(26)27)2-4-12(14)18/h2-6,16,25H,7-8H2,1H3/t17-/m1/s1. The number of hydrogen-bond donors (Lipinski definition) is 1. The second kappa shape index (κ2) is 7.76. The SMILES string of the molecule is CC1=NN(C(=O)c2ccc(COc3cc([N+](=O)[O-])ccc3Cl)o2)[C@](O)(C(F)F)C1. The van der Waals surface area contributed by atoms with Gasteiger partial charge in [-0.15, -0.1) is 0 Å². The number of benzene rings is 1. The molecule has 2 heterocycles. The molecule has 9 nitrogen and oxygen atoms in total. The fraction of sp³-hybridized carbons (Fsp3) is 0.294. The lowest BCUT2D eigenvalue weighted by Crippen LogP contribution is -2.51. The molecule has 0 aliphatic carbocycles. The number of nitrogens with zero attached hydrogens (tertiary/aromatic N) is 3. The first kappa shape index (κ1) is 20.7. The molecule has 1 N–H and O–H groups in total. The highest BCUT2D eigenvalue weighted by atomic mass is 35.5. The predicted octanol–water partition coefficient (Wildman–Crippen LogP) is 3.60. The maximum atomic E-state index is 13.2. The fourth-order valence-electron chi connectivity index (χ4n) is 2.67. The Bertz CT molecular complexity index is 995. The minimum absolute atomic E-state index is 0.0250. The Hall–Kier alpha value is -3.05. The Morgan fingerprint density at radius 1 is 1.48 bits per heavy atom. The van der Waals surface area contributed by atoms with Crippen LogP contribution >= 0.6 is 11.6 Å². The number of furan rings is 1. The molecule has 3 rings (SSSR count). The van der Waals surface area contributed by atoms with E-state index in [1.807, 2.05) is 0 Å². The van der Waals surface area contributed by atoms with Gasteiger partial charge in [-0.1, -0.05) is 11.6 Å². The number of nitro groups is 1. The van der Waals surface area contributed by atoms with Crippen molar-refractivity contribution >= 4 is 28.9 Å². The van der Waals surface area contributed by atoms with E-state index in [2.05, 4.69) is 5.10 Å². The molecular weight excluding hydrogens is 416 g/mol. The molecule has 1 aromatic carbocycles. The summed E-state index contributed by atoms with van der Waals surface area (Å²) >= 11 is 5.93. The van der Waals surface area contributed by atoms with Crippen LogP contribution in [0.25, 0.3) is 0 Å². The lowest BCUT2D eigenvalue weighted by molar-refractivity contribution is -0.384. The van der Waals surface area contributed by atoms with Gasteiger partial charge in [0.1, 0.15) is 18.1 Å². The van der Waals surface area contributed by atoms with Crippen LogP contribution in [0, 0.1) is 10.1 Å². The number of hydrogen-bond acceptors (Lipinski definition) is 7. The van der Waals surface area contributed by atoms with Gasteiger partial charge in [0.15, 0.2) is 5.76 Å². The third-order valence-corrected chi connectivity index (χ3v) is 4.38. The number of alkyl halides is 2. The molecule has 1 aromatic heterocycles. The predicted molar refractivity (Wildman–Crippen MR) is 96.0 cm³/mol. The maximum absolute atomic E-state index is 13.2. The van der Waals surface area contributed by atoms with E-state index in [4.69, 9.17) is 20.8 Å². The van der Waals surface area contributed by atoms with E-state index in [9.17, 15) is 28.8 Å². The Morgan fingerprint density at radius 2 is 2.21 bits per heavy atom. The summed E-state index contributed by atoms with van der Waals surface area (Å²) in [5.41, 5.74) is -2.81. The molecule has 0 saturated carbocycles. The summed E-state index contributed by atoms with van der Waals surface area (Å²) in [4.78, 5) is 22.7. The van der Waals surface area contributed by atoms with Gasteiger partial charge in [-0.25, -0.2) is 8.78 Å². The molecule has 0 saturated heterocycles. The molecule has 0 spiro atoms. The number of carbonyl (C=O) groups is 1. The number of halogens is 3. The highest BCUT2D eigenvalue weighted by Gasteiger charge is 2.51. The summed E-state index contributed by atoms with van der Waals surface area (Å²) in [6.45, 7) is 1.17. The van der Waals surface area contributed by atoms with Gasteiger partial charge in [-0.2, -0.15) is 10.1 Å². The van der Waals surface area contributed by atoms with E-state index >= 15 is 0 Å². The Morgan fingerprint density at radius 3 is 2.86 bits per heavy atom. The number of hydrazone groups is 1. The van der Waals surface area contributed by atoms with Crippen molar-refractivity contribution in [2.45, 2.75) is 32.1 Å². The number of aliphatic hydroxyl groups is 1. The molecule has 1 aliphatic rings. The van der Waals surface area contributed by atoms with Gasteiger partial charge in [0.05, 0.1) is 16.0 Å². The smallest absolute Gasteiger partial charge is 0.312 e. The summed E-state index contributed by atoms with van der Waals surface area (Å²) in [6.07, 6.45) is -3.72. The van der Waals surface area contributed by atoms with E-state index in [0.29, 0.717) is 5.01 Å². The summed E-state index contributed by atoms with van der Waals surface area (Å²) in [6, 6.07) is 6.20.